The molecule has 0 aliphatic carbocycles. The molecule has 0 fully saturated rings. The molecule has 1 aromatic carbocycles. The van der Waals surface area contributed by atoms with E-state index in [4.69, 9.17) is 0 Å². The average Bonchev–Trinajstić information content (AvgIpc) is 2.41. The lowest BCUT2D eigenvalue weighted by Gasteiger charge is -2.06. The molecule has 0 spiro atoms. The molecule has 80 valence electrons. The minimum Gasteiger partial charge on any atom is -0.349 e. The Morgan fingerprint density at radius 3 is 2.53 bits per heavy atom. The van der Waals surface area contributed by atoms with Crippen molar-refractivity contribution in [1.82, 2.24) is 4.57 Å². The zero-order valence-corrected chi connectivity index (χ0v) is 9.93. The number of aromatic nitrogens is 1. The van der Waals surface area contributed by atoms with Gasteiger partial charge < -0.3 is 4.57 Å². The fourth-order valence-electron chi connectivity index (χ4n) is 1.51. The number of nitrogens with zero attached hydrogens (tertiary/aromatic N) is 1. The van der Waals surface area contributed by atoms with Crippen LogP contribution in [0.25, 0.3) is 10.9 Å². The van der Waals surface area contributed by atoms with Crippen LogP contribution in [0.4, 0.5) is 13.2 Å². The van der Waals surface area contributed by atoms with Crippen LogP contribution in [0.1, 0.15) is 5.56 Å². The molecule has 0 saturated heterocycles. The van der Waals surface area contributed by atoms with Gasteiger partial charge in [-0.25, -0.2) is 0 Å². The van der Waals surface area contributed by atoms with Gasteiger partial charge in [0, 0.05) is 27.7 Å². The van der Waals surface area contributed by atoms with Crippen LogP contribution in [0.5, 0.6) is 0 Å². The average molecular weight is 325 g/mol. The molecule has 15 heavy (non-hydrogen) atoms. The topological polar surface area (TPSA) is 4.93 Å². The first kappa shape index (κ1) is 10.8. The highest BCUT2D eigenvalue weighted by atomic mass is 127. The van der Waals surface area contributed by atoms with Crippen LogP contribution in [0.15, 0.2) is 24.4 Å². The van der Waals surface area contributed by atoms with E-state index in [1.165, 1.54) is 12.1 Å². The summed E-state index contributed by atoms with van der Waals surface area (Å²) in [5.41, 5.74) is 0.00169. The Morgan fingerprint density at radius 2 is 1.93 bits per heavy atom. The van der Waals surface area contributed by atoms with Gasteiger partial charge in [0.1, 0.15) is 0 Å². The van der Waals surface area contributed by atoms with Gasteiger partial charge in [-0.2, -0.15) is 13.2 Å². The summed E-state index contributed by atoms with van der Waals surface area (Å²) < 4.78 is 40.0. The third-order valence-electron chi connectivity index (χ3n) is 2.27. The Balaban J connectivity index is 2.71. The SMILES string of the molecule is Cn1cc(I)c2ccc(C(F)(F)F)cc21. The van der Waals surface area contributed by atoms with Crippen molar-refractivity contribution in [2.24, 2.45) is 7.05 Å². The van der Waals surface area contributed by atoms with Crippen molar-refractivity contribution < 1.29 is 13.2 Å². The van der Waals surface area contributed by atoms with Crippen molar-refractivity contribution in [3.05, 3.63) is 33.5 Å². The third kappa shape index (κ3) is 1.84. The maximum absolute atomic E-state index is 12.4. The normalized spacial score (nSPS) is 12.3. The number of alkyl halides is 3. The number of aryl methyl sites for hydroxylation is 1. The van der Waals surface area contributed by atoms with Gasteiger partial charge in [-0.05, 0) is 34.7 Å². The lowest BCUT2D eigenvalue weighted by Crippen LogP contribution is -2.04. The highest BCUT2D eigenvalue weighted by molar-refractivity contribution is 14.1. The van der Waals surface area contributed by atoms with E-state index in [0.29, 0.717) is 5.52 Å². The van der Waals surface area contributed by atoms with Crippen molar-refractivity contribution in [3.63, 3.8) is 0 Å². The standard InChI is InChI=1S/C10H7F3IN/c1-15-5-8(14)7-3-2-6(4-9(7)15)10(11,12)13/h2-5H,1H3. The predicted octanol–water partition coefficient (Wildman–Crippen LogP) is 3.80. The minimum absolute atomic E-state index is 0.604. The van der Waals surface area contributed by atoms with Crippen LogP contribution in [0, 0.1) is 3.57 Å². The maximum Gasteiger partial charge on any atom is 0.416 e. The van der Waals surface area contributed by atoms with E-state index >= 15 is 0 Å². The van der Waals surface area contributed by atoms with Gasteiger partial charge in [-0.3, -0.25) is 0 Å². The molecule has 1 aromatic heterocycles. The summed E-state index contributed by atoms with van der Waals surface area (Å²) in [6.07, 6.45) is -2.46. The summed E-state index contributed by atoms with van der Waals surface area (Å²) in [5.74, 6) is 0. The van der Waals surface area contributed by atoms with Crippen LogP contribution < -0.4 is 0 Å². The van der Waals surface area contributed by atoms with E-state index < -0.39 is 11.7 Å². The summed E-state index contributed by atoms with van der Waals surface area (Å²) >= 11 is 2.11. The second-order valence-corrected chi connectivity index (χ2v) is 4.48. The van der Waals surface area contributed by atoms with E-state index in [1.807, 2.05) is 6.20 Å². The molecule has 0 aliphatic rings. The number of fused-ring (bicyclic) bond motifs is 1. The van der Waals surface area contributed by atoms with Gasteiger partial charge in [0.25, 0.3) is 0 Å². The van der Waals surface area contributed by atoms with Crippen LogP contribution >= 0.6 is 22.6 Å². The molecule has 1 nitrogen and oxygen atoms in total. The summed E-state index contributed by atoms with van der Waals surface area (Å²) in [4.78, 5) is 0. The Kier molecular flexibility index (Phi) is 2.44. The Labute approximate surface area is 98.0 Å². The monoisotopic (exact) mass is 325 g/mol. The van der Waals surface area contributed by atoms with Crippen molar-refractivity contribution in [1.29, 1.82) is 0 Å². The molecule has 0 N–H and O–H groups in total. The molecule has 0 saturated carbocycles. The lowest BCUT2D eigenvalue weighted by molar-refractivity contribution is -0.137. The second-order valence-electron chi connectivity index (χ2n) is 3.32. The number of benzene rings is 1. The molecule has 2 rings (SSSR count). The quantitative estimate of drug-likeness (QED) is 0.649. The summed E-state index contributed by atoms with van der Waals surface area (Å²) in [6.45, 7) is 0. The molecule has 0 radical (unpaired) electrons. The van der Waals surface area contributed by atoms with E-state index in [1.54, 1.807) is 11.6 Å². The zero-order chi connectivity index (χ0) is 11.2. The smallest absolute Gasteiger partial charge is 0.349 e. The molecule has 0 aliphatic heterocycles. The second kappa shape index (κ2) is 3.40. The van der Waals surface area contributed by atoms with Crippen molar-refractivity contribution in [3.8, 4) is 0 Å². The minimum atomic E-state index is -4.27. The molecular formula is C10H7F3IN. The van der Waals surface area contributed by atoms with Gasteiger partial charge >= 0.3 is 6.18 Å². The third-order valence-corrected chi connectivity index (χ3v) is 3.13. The molecule has 1 heterocycles. The summed E-state index contributed by atoms with van der Waals surface area (Å²) in [6, 6.07) is 3.81. The maximum atomic E-state index is 12.4. The van der Waals surface area contributed by atoms with Crippen molar-refractivity contribution >= 4 is 33.5 Å². The number of hydrogen-bond donors (Lipinski definition) is 0. The largest absolute Gasteiger partial charge is 0.416 e. The summed E-state index contributed by atoms with van der Waals surface area (Å²) in [5, 5.41) is 0.853. The zero-order valence-electron chi connectivity index (χ0n) is 7.77. The first-order valence-electron chi connectivity index (χ1n) is 4.21. The lowest BCUT2D eigenvalue weighted by atomic mass is 10.1. The number of hydrogen-bond acceptors (Lipinski definition) is 0. The number of halogens is 4. The highest BCUT2D eigenvalue weighted by Gasteiger charge is 2.30. The molecule has 5 heteroatoms. The Morgan fingerprint density at radius 1 is 1.27 bits per heavy atom. The fourth-order valence-corrected chi connectivity index (χ4v) is 2.38. The summed E-state index contributed by atoms with van der Waals surface area (Å²) in [7, 11) is 1.74. The van der Waals surface area contributed by atoms with Gasteiger partial charge in [0.15, 0.2) is 0 Å². The van der Waals surface area contributed by atoms with Crippen molar-refractivity contribution in [2.75, 3.05) is 0 Å². The van der Waals surface area contributed by atoms with E-state index in [2.05, 4.69) is 22.6 Å². The van der Waals surface area contributed by atoms with Crippen molar-refractivity contribution in [2.45, 2.75) is 6.18 Å². The molecule has 0 unspecified atom stereocenters. The van der Waals surface area contributed by atoms with E-state index in [0.717, 1.165) is 15.0 Å². The van der Waals surface area contributed by atoms with Gasteiger partial charge in [0.05, 0.1) is 5.56 Å². The van der Waals surface area contributed by atoms with Gasteiger partial charge in [0.2, 0.25) is 0 Å². The molecule has 2 aromatic rings. The van der Waals surface area contributed by atoms with Crippen LogP contribution in [0.2, 0.25) is 0 Å². The fraction of sp³-hybridized carbons (Fsp3) is 0.200. The predicted molar refractivity (Wildman–Crippen MR) is 60.6 cm³/mol. The van der Waals surface area contributed by atoms with Crippen LogP contribution in [-0.2, 0) is 13.2 Å². The number of rotatable bonds is 0. The molecule has 0 bridgehead atoms. The molecule has 0 amide bonds. The molecule has 0 atom stereocenters. The van der Waals surface area contributed by atoms with Gasteiger partial charge in [-0.15, -0.1) is 0 Å². The Bertz CT molecular complexity index is 513. The van der Waals surface area contributed by atoms with Crippen LogP contribution in [0.3, 0.4) is 0 Å². The molecular weight excluding hydrogens is 318 g/mol. The van der Waals surface area contributed by atoms with E-state index in [-0.39, 0.29) is 0 Å². The first-order chi connectivity index (χ1) is 6.89. The highest BCUT2D eigenvalue weighted by Crippen LogP contribution is 2.32. The first-order valence-corrected chi connectivity index (χ1v) is 5.29. The van der Waals surface area contributed by atoms with E-state index in [9.17, 15) is 13.2 Å². The Hall–Kier alpha value is -0.720. The van der Waals surface area contributed by atoms with Gasteiger partial charge in [-0.1, -0.05) is 6.07 Å². The van der Waals surface area contributed by atoms with Crippen LogP contribution in [-0.4, -0.2) is 4.57 Å².